The first-order chi connectivity index (χ1) is 8.31. The molecule has 2 rings (SSSR count). The van der Waals surface area contributed by atoms with Crippen molar-refractivity contribution in [1.29, 1.82) is 0 Å². The molecular formula is C14H25NO3. The highest BCUT2D eigenvalue weighted by molar-refractivity contribution is 5.81. The third-order valence-corrected chi connectivity index (χ3v) is 4.08. The fraction of sp³-hybridized carbons (Fsp3) is 0.929. The van der Waals surface area contributed by atoms with Gasteiger partial charge in [0.2, 0.25) is 0 Å². The molecule has 2 fully saturated rings. The highest BCUT2D eigenvalue weighted by Crippen LogP contribution is 2.40. The fourth-order valence-corrected chi connectivity index (χ4v) is 3.36. The Hall–Kier alpha value is -0.610. The summed E-state index contributed by atoms with van der Waals surface area (Å²) in [7, 11) is 0. The van der Waals surface area contributed by atoms with E-state index >= 15 is 0 Å². The lowest BCUT2D eigenvalue weighted by Crippen LogP contribution is -2.51. The number of hydrogen-bond donors (Lipinski definition) is 1. The number of carbonyl (C=O) groups is 1. The molecule has 3 unspecified atom stereocenters. The summed E-state index contributed by atoms with van der Waals surface area (Å²) in [5.41, 5.74) is 5.36. The van der Waals surface area contributed by atoms with E-state index in [2.05, 4.69) is 20.8 Å². The summed E-state index contributed by atoms with van der Waals surface area (Å²) in [6.07, 6.45) is 3.65. The average molecular weight is 255 g/mol. The first-order valence-corrected chi connectivity index (χ1v) is 6.88. The zero-order valence-electron chi connectivity index (χ0n) is 11.7. The Kier molecular flexibility index (Phi) is 3.70. The topological polar surface area (TPSA) is 61.5 Å². The predicted octanol–water partition coefficient (Wildman–Crippen LogP) is 1.86. The second kappa shape index (κ2) is 4.82. The van der Waals surface area contributed by atoms with Crippen molar-refractivity contribution in [3.05, 3.63) is 0 Å². The molecule has 3 atom stereocenters. The van der Waals surface area contributed by atoms with Gasteiger partial charge in [-0.15, -0.1) is 0 Å². The Morgan fingerprint density at radius 1 is 1.39 bits per heavy atom. The van der Waals surface area contributed by atoms with E-state index in [1.807, 2.05) is 0 Å². The second-order valence-electron chi connectivity index (χ2n) is 6.90. The van der Waals surface area contributed by atoms with Crippen LogP contribution in [0.4, 0.5) is 0 Å². The molecule has 1 heterocycles. The van der Waals surface area contributed by atoms with Gasteiger partial charge >= 0.3 is 5.97 Å². The molecule has 2 aliphatic rings. The van der Waals surface area contributed by atoms with Gasteiger partial charge in [0, 0.05) is 13.0 Å². The molecule has 1 saturated carbocycles. The lowest BCUT2D eigenvalue weighted by Gasteiger charge is -2.39. The minimum atomic E-state index is -0.912. The monoisotopic (exact) mass is 255 g/mol. The standard InChI is InChI=1S/C14H25NO3/c1-10-6-11(8-13(2,3)7-10)18-12(16)14(15)4-5-17-9-14/h10-11H,4-9,15H2,1-3H3. The molecule has 0 aromatic rings. The van der Waals surface area contributed by atoms with Crippen LogP contribution in [0.3, 0.4) is 0 Å². The van der Waals surface area contributed by atoms with Crippen LogP contribution in [0.25, 0.3) is 0 Å². The molecule has 0 aromatic heterocycles. The molecule has 0 amide bonds. The Bertz CT molecular complexity index is 321. The van der Waals surface area contributed by atoms with E-state index in [-0.39, 0.29) is 24.1 Å². The van der Waals surface area contributed by atoms with Gasteiger partial charge in [-0.1, -0.05) is 20.8 Å². The Morgan fingerprint density at radius 3 is 2.67 bits per heavy atom. The SMILES string of the molecule is CC1CC(OC(=O)C2(N)CCOC2)CC(C)(C)C1. The van der Waals surface area contributed by atoms with Gasteiger partial charge in [-0.05, 0) is 30.6 Å². The molecule has 1 saturated heterocycles. The summed E-state index contributed by atoms with van der Waals surface area (Å²) < 4.78 is 10.8. The highest BCUT2D eigenvalue weighted by Gasteiger charge is 2.42. The van der Waals surface area contributed by atoms with Gasteiger partial charge in [0.05, 0.1) is 6.61 Å². The van der Waals surface area contributed by atoms with Gasteiger partial charge in [-0.25, -0.2) is 4.79 Å². The van der Waals surface area contributed by atoms with E-state index in [4.69, 9.17) is 15.2 Å². The van der Waals surface area contributed by atoms with Gasteiger partial charge in [0.1, 0.15) is 11.6 Å². The molecule has 0 aromatic carbocycles. The van der Waals surface area contributed by atoms with Crippen molar-refractivity contribution in [1.82, 2.24) is 0 Å². The molecule has 4 heteroatoms. The summed E-state index contributed by atoms with van der Waals surface area (Å²) in [5.74, 6) is 0.315. The van der Waals surface area contributed by atoms with E-state index in [0.29, 0.717) is 18.9 Å². The van der Waals surface area contributed by atoms with Crippen LogP contribution in [0.5, 0.6) is 0 Å². The van der Waals surface area contributed by atoms with Gasteiger partial charge in [0.15, 0.2) is 0 Å². The summed E-state index contributed by atoms with van der Waals surface area (Å²) in [5, 5.41) is 0. The number of ether oxygens (including phenoxy) is 2. The molecule has 2 N–H and O–H groups in total. The smallest absolute Gasteiger partial charge is 0.328 e. The first kappa shape index (κ1) is 13.8. The molecule has 0 radical (unpaired) electrons. The summed E-state index contributed by atoms with van der Waals surface area (Å²) >= 11 is 0. The van der Waals surface area contributed by atoms with Crippen LogP contribution in [0.1, 0.15) is 46.5 Å². The van der Waals surface area contributed by atoms with Crippen LogP contribution in [0.2, 0.25) is 0 Å². The molecule has 4 nitrogen and oxygen atoms in total. The van der Waals surface area contributed by atoms with E-state index < -0.39 is 5.54 Å². The Labute approximate surface area is 109 Å². The van der Waals surface area contributed by atoms with Crippen LogP contribution in [0, 0.1) is 11.3 Å². The van der Waals surface area contributed by atoms with Crippen molar-refractivity contribution >= 4 is 5.97 Å². The summed E-state index contributed by atoms with van der Waals surface area (Å²) in [4.78, 5) is 12.1. The van der Waals surface area contributed by atoms with Crippen molar-refractivity contribution in [3.8, 4) is 0 Å². The third-order valence-electron chi connectivity index (χ3n) is 4.08. The van der Waals surface area contributed by atoms with E-state index in [1.165, 1.54) is 6.42 Å². The van der Waals surface area contributed by atoms with Gasteiger partial charge < -0.3 is 15.2 Å². The number of esters is 1. The number of rotatable bonds is 2. The highest BCUT2D eigenvalue weighted by atomic mass is 16.6. The first-order valence-electron chi connectivity index (χ1n) is 6.88. The van der Waals surface area contributed by atoms with Crippen LogP contribution < -0.4 is 5.73 Å². The van der Waals surface area contributed by atoms with Crippen molar-refractivity contribution in [2.45, 2.75) is 58.1 Å². The maximum Gasteiger partial charge on any atom is 0.328 e. The van der Waals surface area contributed by atoms with Crippen molar-refractivity contribution in [2.75, 3.05) is 13.2 Å². The molecule has 1 aliphatic carbocycles. The molecule has 0 spiro atoms. The van der Waals surface area contributed by atoms with Gasteiger partial charge in [-0.3, -0.25) is 0 Å². The van der Waals surface area contributed by atoms with Crippen LogP contribution in [-0.4, -0.2) is 30.8 Å². The predicted molar refractivity (Wildman–Crippen MR) is 69.0 cm³/mol. The summed E-state index contributed by atoms with van der Waals surface area (Å²) in [6.45, 7) is 7.54. The molecule has 18 heavy (non-hydrogen) atoms. The maximum atomic E-state index is 12.1. The molecule has 1 aliphatic heterocycles. The van der Waals surface area contributed by atoms with E-state index in [9.17, 15) is 4.79 Å². The van der Waals surface area contributed by atoms with E-state index in [0.717, 1.165) is 12.8 Å². The average Bonchev–Trinajstić information content (AvgIpc) is 2.63. The lowest BCUT2D eigenvalue weighted by molar-refractivity contribution is -0.160. The maximum absolute atomic E-state index is 12.1. The van der Waals surface area contributed by atoms with Crippen molar-refractivity contribution in [3.63, 3.8) is 0 Å². The van der Waals surface area contributed by atoms with Crippen LogP contribution in [0.15, 0.2) is 0 Å². The Morgan fingerprint density at radius 2 is 2.11 bits per heavy atom. The zero-order valence-corrected chi connectivity index (χ0v) is 11.7. The number of nitrogens with two attached hydrogens (primary N) is 1. The number of carbonyl (C=O) groups excluding carboxylic acids is 1. The van der Waals surface area contributed by atoms with Crippen LogP contribution in [-0.2, 0) is 14.3 Å². The molecular weight excluding hydrogens is 230 g/mol. The minimum absolute atomic E-state index is 0.0114. The van der Waals surface area contributed by atoms with Gasteiger partial charge in [0.25, 0.3) is 0 Å². The van der Waals surface area contributed by atoms with Gasteiger partial charge in [-0.2, -0.15) is 0 Å². The quantitative estimate of drug-likeness (QED) is 0.765. The van der Waals surface area contributed by atoms with Crippen molar-refractivity contribution in [2.24, 2.45) is 17.1 Å². The van der Waals surface area contributed by atoms with Crippen LogP contribution >= 0.6 is 0 Å². The summed E-state index contributed by atoms with van der Waals surface area (Å²) in [6, 6.07) is 0. The lowest BCUT2D eigenvalue weighted by atomic mass is 9.71. The second-order valence-corrected chi connectivity index (χ2v) is 6.90. The molecule has 104 valence electrons. The van der Waals surface area contributed by atoms with Crippen molar-refractivity contribution < 1.29 is 14.3 Å². The third kappa shape index (κ3) is 3.04. The molecule has 0 bridgehead atoms. The number of hydrogen-bond acceptors (Lipinski definition) is 4. The minimum Gasteiger partial charge on any atom is -0.461 e. The normalized spacial score (nSPS) is 39.6. The zero-order chi connectivity index (χ0) is 13.4. The fourth-order valence-electron chi connectivity index (χ4n) is 3.36. The largest absolute Gasteiger partial charge is 0.461 e. The Balaban J connectivity index is 1.94. The van der Waals surface area contributed by atoms with E-state index in [1.54, 1.807) is 0 Å².